The number of carbonyl (C=O) groups is 2. The molecule has 0 bridgehead atoms. The summed E-state index contributed by atoms with van der Waals surface area (Å²) < 4.78 is 0. The molecule has 0 saturated heterocycles. The topological polar surface area (TPSA) is 85.1 Å². The van der Waals surface area contributed by atoms with E-state index in [1.165, 1.54) is 17.5 Å². The quantitative estimate of drug-likeness (QED) is 0.886. The first kappa shape index (κ1) is 15.2. The summed E-state index contributed by atoms with van der Waals surface area (Å²) in [5.41, 5.74) is 6.25. The average molecular weight is 303 g/mol. The van der Waals surface area contributed by atoms with Gasteiger partial charge in [-0.1, -0.05) is 44.2 Å². The standard InChI is InChI=1S/C15H17N3O2S/c1-9(2)12(13(16)19)18-14(20)11-8-17-15(21-11)10-6-4-3-5-7-10/h3-9,12H,1-2H3,(H2,16,19)(H,18,20)/t12-/m0/s1. The maximum Gasteiger partial charge on any atom is 0.263 e. The maximum absolute atomic E-state index is 12.2. The van der Waals surface area contributed by atoms with Crippen LogP contribution in [0.5, 0.6) is 0 Å². The molecule has 0 radical (unpaired) electrons. The molecule has 1 heterocycles. The van der Waals surface area contributed by atoms with Gasteiger partial charge in [0.15, 0.2) is 0 Å². The number of thiazole rings is 1. The molecule has 0 spiro atoms. The van der Waals surface area contributed by atoms with Crippen LogP contribution >= 0.6 is 11.3 Å². The van der Waals surface area contributed by atoms with Crippen LogP contribution in [0.3, 0.4) is 0 Å². The number of amides is 2. The Hall–Kier alpha value is -2.21. The number of rotatable bonds is 5. The van der Waals surface area contributed by atoms with Gasteiger partial charge in [-0.2, -0.15) is 0 Å². The molecule has 0 aliphatic heterocycles. The van der Waals surface area contributed by atoms with Gasteiger partial charge in [-0.15, -0.1) is 11.3 Å². The molecule has 2 aromatic rings. The smallest absolute Gasteiger partial charge is 0.263 e. The number of aromatic nitrogens is 1. The predicted octanol–water partition coefficient (Wildman–Crippen LogP) is 2.05. The molecule has 6 heteroatoms. The Balaban J connectivity index is 2.14. The number of hydrogen-bond acceptors (Lipinski definition) is 4. The van der Waals surface area contributed by atoms with Crippen LogP contribution in [-0.2, 0) is 4.79 Å². The molecular formula is C15H17N3O2S. The SMILES string of the molecule is CC(C)[C@H](NC(=O)c1cnc(-c2ccccc2)s1)C(N)=O. The minimum Gasteiger partial charge on any atom is -0.368 e. The molecule has 110 valence electrons. The van der Waals surface area contributed by atoms with Gasteiger partial charge in [0.05, 0.1) is 6.20 Å². The zero-order valence-corrected chi connectivity index (χ0v) is 12.7. The van der Waals surface area contributed by atoms with Crippen LogP contribution in [0.1, 0.15) is 23.5 Å². The van der Waals surface area contributed by atoms with E-state index in [0.29, 0.717) is 4.88 Å². The number of nitrogens with zero attached hydrogens (tertiary/aromatic N) is 1. The molecule has 1 aromatic carbocycles. The molecule has 0 aliphatic carbocycles. The summed E-state index contributed by atoms with van der Waals surface area (Å²) in [5.74, 6) is -0.925. The highest BCUT2D eigenvalue weighted by atomic mass is 32.1. The van der Waals surface area contributed by atoms with Crippen LogP contribution in [0.2, 0.25) is 0 Å². The number of carbonyl (C=O) groups excluding carboxylic acids is 2. The zero-order valence-electron chi connectivity index (χ0n) is 11.9. The van der Waals surface area contributed by atoms with Crippen molar-refractivity contribution in [2.45, 2.75) is 19.9 Å². The Morgan fingerprint density at radius 3 is 2.48 bits per heavy atom. The third kappa shape index (κ3) is 3.66. The lowest BCUT2D eigenvalue weighted by Gasteiger charge is -2.18. The summed E-state index contributed by atoms with van der Waals surface area (Å²) in [6, 6.07) is 8.93. The van der Waals surface area contributed by atoms with E-state index in [1.807, 2.05) is 44.2 Å². The van der Waals surface area contributed by atoms with Crippen molar-refractivity contribution in [2.24, 2.45) is 11.7 Å². The molecule has 1 aromatic heterocycles. The van der Waals surface area contributed by atoms with Crippen molar-refractivity contribution < 1.29 is 9.59 Å². The third-order valence-electron chi connectivity index (χ3n) is 3.01. The molecule has 21 heavy (non-hydrogen) atoms. The van der Waals surface area contributed by atoms with Gasteiger partial charge >= 0.3 is 0 Å². The summed E-state index contributed by atoms with van der Waals surface area (Å²) >= 11 is 1.28. The minimum absolute atomic E-state index is 0.0621. The van der Waals surface area contributed by atoms with E-state index in [4.69, 9.17) is 5.73 Å². The summed E-state index contributed by atoms with van der Waals surface area (Å²) in [7, 11) is 0. The summed E-state index contributed by atoms with van der Waals surface area (Å²) in [6.45, 7) is 3.66. The Kier molecular flexibility index (Phi) is 4.70. The van der Waals surface area contributed by atoms with Crippen molar-refractivity contribution in [1.82, 2.24) is 10.3 Å². The fourth-order valence-corrected chi connectivity index (χ4v) is 2.70. The third-order valence-corrected chi connectivity index (χ3v) is 4.06. The summed E-state index contributed by atoms with van der Waals surface area (Å²) in [4.78, 5) is 28.2. The molecule has 0 fully saturated rings. The largest absolute Gasteiger partial charge is 0.368 e. The van der Waals surface area contributed by atoms with E-state index >= 15 is 0 Å². The first-order valence-electron chi connectivity index (χ1n) is 6.60. The monoisotopic (exact) mass is 303 g/mol. The molecule has 2 amide bonds. The second kappa shape index (κ2) is 6.49. The lowest BCUT2D eigenvalue weighted by Crippen LogP contribution is -2.47. The van der Waals surface area contributed by atoms with Crippen molar-refractivity contribution in [2.75, 3.05) is 0 Å². The van der Waals surface area contributed by atoms with E-state index < -0.39 is 11.9 Å². The minimum atomic E-state index is -0.681. The highest BCUT2D eigenvalue weighted by Crippen LogP contribution is 2.24. The second-order valence-electron chi connectivity index (χ2n) is 4.99. The molecule has 3 N–H and O–H groups in total. The van der Waals surface area contributed by atoms with Crippen LogP contribution in [0.4, 0.5) is 0 Å². The van der Waals surface area contributed by atoms with Crippen LogP contribution < -0.4 is 11.1 Å². The lowest BCUT2D eigenvalue weighted by atomic mass is 10.0. The van der Waals surface area contributed by atoms with Crippen molar-refractivity contribution in [1.29, 1.82) is 0 Å². The fraction of sp³-hybridized carbons (Fsp3) is 0.267. The first-order valence-corrected chi connectivity index (χ1v) is 7.42. The fourth-order valence-electron chi connectivity index (χ4n) is 1.87. The Bertz CT molecular complexity index is 637. The van der Waals surface area contributed by atoms with Gasteiger partial charge in [0.25, 0.3) is 5.91 Å². The van der Waals surface area contributed by atoms with Gasteiger partial charge in [0.2, 0.25) is 5.91 Å². The highest BCUT2D eigenvalue weighted by Gasteiger charge is 2.23. The van der Waals surface area contributed by atoms with E-state index in [0.717, 1.165) is 10.6 Å². The average Bonchev–Trinajstić information content (AvgIpc) is 2.94. The van der Waals surface area contributed by atoms with E-state index in [-0.39, 0.29) is 11.8 Å². The Morgan fingerprint density at radius 1 is 1.24 bits per heavy atom. The van der Waals surface area contributed by atoms with Crippen LogP contribution in [0, 0.1) is 5.92 Å². The van der Waals surface area contributed by atoms with Crippen LogP contribution in [0.15, 0.2) is 36.5 Å². The summed E-state index contributed by atoms with van der Waals surface area (Å²) in [5, 5.41) is 3.42. The normalized spacial score (nSPS) is 12.1. The van der Waals surface area contributed by atoms with Crippen molar-refractivity contribution in [3.63, 3.8) is 0 Å². The lowest BCUT2D eigenvalue weighted by molar-refractivity contribution is -0.120. The van der Waals surface area contributed by atoms with Gasteiger partial charge in [-0.25, -0.2) is 4.98 Å². The first-order chi connectivity index (χ1) is 9.99. The molecule has 0 aliphatic rings. The number of primary amides is 1. The van der Waals surface area contributed by atoms with Crippen molar-refractivity contribution >= 4 is 23.2 Å². The highest BCUT2D eigenvalue weighted by molar-refractivity contribution is 7.16. The molecular weight excluding hydrogens is 286 g/mol. The number of nitrogens with one attached hydrogen (secondary N) is 1. The van der Waals surface area contributed by atoms with Gasteiger partial charge in [-0.3, -0.25) is 9.59 Å². The van der Waals surface area contributed by atoms with E-state index in [2.05, 4.69) is 10.3 Å². The molecule has 0 unspecified atom stereocenters. The van der Waals surface area contributed by atoms with Gasteiger partial charge < -0.3 is 11.1 Å². The molecule has 1 atom stereocenters. The zero-order chi connectivity index (χ0) is 15.4. The van der Waals surface area contributed by atoms with Crippen molar-refractivity contribution in [3.8, 4) is 10.6 Å². The number of nitrogens with two attached hydrogens (primary N) is 1. The number of benzene rings is 1. The van der Waals surface area contributed by atoms with Gasteiger partial charge in [-0.05, 0) is 5.92 Å². The van der Waals surface area contributed by atoms with Gasteiger partial charge in [0.1, 0.15) is 15.9 Å². The predicted molar refractivity (Wildman–Crippen MR) is 82.8 cm³/mol. The van der Waals surface area contributed by atoms with Crippen LogP contribution in [0.25, 0.3) is 10.6 Å². The maximum atomic E-state index is 12.2. The second-order valence-corrected chi connectivity index (χ2v) is 6.02. The molecule has 0 saturated carbocycles. The van der Waals surface area contributed by atoms with E-state index in [1.54, 1.807) is 0 Å². The Labute approximate surface area is 127 Å². The number of hydrogen-bond donors (Lipinski definition) is 2. The Morgan fingerprint density at radius 2 is 1.90 bits per heavy atom. The van der Waals surface area contributed by atoms with E-state index in [9.17, 15) is 9.59 Å². The van der Waals surface area contributed by atoms with Gasteiger partial charge in [0, 0.05) is 5.56 Å². The molecule has 5 nitrogen and oxygen atoms in total. The van der Waals surface area contributed by atoms with Crippen LogP contribution in [-0.4, -0.2) is 22.8 Å². The molecule has 2 rings (SSSR count). The summed E-state index contributed by atoms with van der Waals surface area (Å²) in [6.07, 6.45) is 1.51. The van der Waals surface area contributed by atoms with Crippen molar-refractivity contribution in [3.05, 3.63) is 41.4 Å².